The summed E-state index contributed by atoms with van der Waals surface area (Å²) in [6.07, 6.45) is 7.71. The van der Waals surface area contributed by atoms with E-state index in [2.05, 4.69) is 6.92 Å². The average Bonchev–Trinajstić information content (AvgIpc) is 2.89. The molecular weight excluding hydrogens is 560 g/mol. The van der Waals surface area contributed by atoms with Crippen molar-refractivity contribution in [2.45, 2.75) is 150 Å². The van der Waals surface area contributed by atoms with Crippen LogP contribution in [-0.2, 0) is 26.4 Å². The fraction of sp³-hybridized carbons (Fsp3) is 0.600. The molecule has 2 aromatic carbocycles. The zero-order valence-electron chi connectivity index (χ0n) is 30.5. The Morgan fingerprint density at radius 3 is 1.33 bits per heavy atom. The Balaban J connectivity index is 2.69. The molecule has 0 amide bonds. The third-order valence-corrected chi connectivity index (χ3v) is 8.24. The molecular formula is C40H60O5. The maximum absolute atomic E-state index is 14.2. The van der Waals surface area contributed by atoms with Crippen LogP contribution in [0.3, 0.4) is 0 Å². The molecule has 0 aliphatic carbocycles. The van der Waals surface area contributed by atoms with E-state index in [1.807, 2.05) is 83.1 Å². The summed E-state index contributed by atoms with van der Waals surface area (Å²) in [5.74, 6) is -0.379. The van der Waals surface area contributed by atoms with Gasteiger partial charge in [0.25, 0.3) is 0 Å². The third-order valence-electron chi connectivity index (χ3n) is 8.24. The van der Waals surface area contributed by atoms with Gasteiger partial charge in [-0.1, -0.05) is 122 Å². The summed E-state index contributed by atoms with van der Waals surface area (Å²) in [6.45, 7) is 26.5. The van der Waals surface area contributed by atoms with Crippen LogP contribution in [0.1, 0.15) is 172 Å². The smallest absolute Gasteiger partial charge is 0.227 e. The van der Waals surface area contributed by atoms with Gasteiger partial charge in [-0.3, -0.25) is 9.59 Å². The first kappa shape index (κ1) is 38.1. The summed E-state index contributed by atoms with van der Waals surface area (Å²) < 4.78 is 6.14. The van der Waals surface area contributed by atoms with E-state index in [9.17, 15) is 19.8 Å². The quantitative estimate of drug-likeness (QED) is 0.107. The van der Waals surface area contributed by atoms with Crippen LogP contribution in [0.2, 0.25) is 0 Å². The molecule has 250 valence electrons. The SMILES string of the molecule is CCCCCCCCO/C(=C\C(=O)c1cc(C(C)(C)C)c(O)c(C(C)(C)C)c1)C(=O)c1cc(C(C)(C)C)c(O)c(C(C)(C)C)c1. The Hall–Kier alpha value is -3.08. The van der Waals surface area contributed by atoms with Crippen LogP contribution in [0.25, 0.3) is 0 Å². The van der Waals surface area contributed by atoms with Crippen LogP contribution in [0, 0.1) is 0 Å². The van der Waals surface area contributed by atoms with Crippen molar-refractivity contribution in [3.05, 3.63) is 69.5 Å². The van der Waals surface area contributed by atoms with Gasteiger partial charge in [-0.2, -0.15) is 0 Å². The number of carbonyl (C=O) groups is 2. The first-order valence-electron chi connectivity index (χ1n) is 16.7. The van der Waals surface area contributed by atoms with Gasteiger partial charge in [0.05, 0.1) is 6.61 Å². The second kappa shape index (κ2) is 14.6. The molecule has 0 bridgehead atoms. The molecule has 0 aromatic heterocycles. The number of unbranched alkanes of at least 4 members (excludes halogenated alkanes) is 5. The molecule has 0 saturated heterocycles. The molecule has 0 aliphatic rings. The summed E-state index contributed by atoms with van der Waals surface area (Å²) in [4.78, 5) is 28.2. The van der Waals surface area contributed by atoms with Crippen molar-refractivity contribution >= 4 is 11.6 Å². The van der Waals surface area contributed by atoms with Crippen molar-refractivity contribution in [2.75, 3.05) is 6.61 Å². The number of aromatic hydroxyl groups is 2. The topological polar surface area (TPSA) is 83.8 Å². The fourth-order valence-corrected chi connectivity index (χ4v) is 5.41. The minimum Gasteiger partial charge on any atom is -0.507 e. The fourth-order valence-electron chi connectivity index (χ4n) is 5.41. The lowest BCUT2D eigenvalue weighted by atomic mass is 9.77. The highest BCUT2D eigenvalue weighted by molar-refractivity contribution is 6.14. The number of phenols is 2. The summed E-state index contributed by atoms with van der Waals surface area (Å²) >= 11 is 0. The number of carbonyl (C=O) groups excluding carboxylic acids is 2. The highest BCUT2D eigenvalue weighted by atomic mass is 16.5. The normalized spacial score (nSPS) is 13.2. The first-order valence-corrected chi connectivity index (χ1v) is 16.7. The predicted octanol–water partition coefficient (Wildman–Crippen LogP) is 10.6. The highest BCUT2D eigenvalue weighted by Crippen LogP contribution is 2.41. The van der Waals surface area contributed by atoms with Crippen LogP contribution in [0.5, 0.6) is 11.5 Å². The number of Topliss-reactive ketones (excluding diaryl/α,β-unsaturated/α-hetero) is 1. The molecule has 0 radical (unpaired) electrons. The van der Waals surface area contributed by atoms with Gasteiger partial charge < -0.3 is 14.9 Å². The Bertz CT molecular complexity index is 1310. The van der Waals surface area contributed by atoms with Gasteiger partial charge in [0, 0.05) is 39.5 Å². The number of rotatable bonds is 12. The molecule has 5 heteroatoms. The number of allylic oxidation sites excluding steroid dienone is 2. The van der Waals surface area contributed by atoms with Gasteiger partial charge in [-0.25, -0.2) is 0 Å². The van der Waals surface area contributed by atoms with E-state index in [-0.39, 0.29) is 23.0 Å². The van der Waals surface area contributed by atoms with Crippen LogP contribution in [-0.4, -0.2) is 28.4 Å². The number of benzene rings is 2. The molecule has 2 rings (SSSR count). The van der Waals surface area contributed by atoms with E-state index in [4.69, 9.17) is 4.74 Å². The van der Waals surface area contributed by atoms with Gasteiger partial charge in [0.1, 0.15) is 11.5 Å². The molecule has 5 nitrogen and oxygen atoms in total. The average molecular weight is 621 g/mol. The number of hydrogen-bond acceptors (Lipinski definition) is 5. The van der Waals surface area contributed by atoms with E-state index in [1.165, 1.54) is 25.3 Å². The summed E-state index contributed by atoms with van der Waals surface area (Å²) in [6, 6.07) is 6.93. The van der Waals surface area contributed by atoms with Crippen LogP contribution in [0.4, 0.5) is 0 Å². The van der Waals surface area contributed by atoms with Crippen molar-refractivity contribution in [1.29, 1.82) is 0 Å². The van der Waals surface area contributed by atoms with Crippen LogP contribution < -0.4 is 0 Å². The lowest BCUT2D eigenvalue weighted by molar-refractivity contribution is 0.0897. The molecule has 2 aromatic rings. The van der Waals surface area contributed by atoms with Crippen LogP contribution >= 0.6 is 0 Å². The molecule has 0 heterocycles. The monoisotopic (exact) mass is 620 g/mol. The van der Waals surface area contributed by atoms with Gasteiger partial charge in [0.2, 0.25) is 5.78 Å². The van der Waals surface area contributed by atoms with Gasteiger partial charge in [0.15, 0.2) is 11.5 Å². The molecule has 0 atom stereocenters. The minimum absolute atomic E-state index is 0.0124. The van der Waals surface area contributed by atoms with Gasteiger partial charge in [-0.15, -0.1) is 0 Å². The van der Waals surface area contributed by atoms with E-state index < -0.39 is 27.4 Å². The number of ketones is 2. The van der Waals surface area contributed by atoms with E-state index >= 15 is 0 Å². The van der Waals surface area contributed by atoms with Gasteiger partial charge >= 0.3 is 0 Å². The van der Waals surface area contributed by atoms with Crippen molar-refractivity contribution < 1.29 is 24.5 Å². The zero-order chi connectivity index (χ0) is 34.5. The molecule has 0 aliphatic heterocycles. The van der Waals surface area contributed by atoms with Crippen molar-refractivity contribution in [2.24, 2.45) is 0 Å². The number of hydrogen-bond donors (Lipinski definition) is 2. The van der Waals surface area contributed by atoms with Crippen molar-refractivity contribution in [1.82, 2.24) is 0 Å². The summed E-state index contributed by atoms with van der Waals surface area (Å²) in [7, 11) is 0. The van der Waals surface area contributed by atoms with E-state index in [0.29, 0.717) is 40.0 Å². The first-order chi connectivity index (χ1) is 20.5. The van der Waals surface area contributed by atoms with Crippen molar-refractivity contribution in [3.63, 3.8) is 0 Å². The Morgan fingerprint density at radius 2 is 0.956 bits per heavy atom. The maximum Gasteiger partial charge on any atom is 0.227 e. The number of phenolic OH excluding ortho intramolecular Hbond substituents is 2. The second-order valence-corrected chi connectivity index (χ2v) is 16.7. The highest BCUT2D eigenvalue weighted by Gasteiger charge is 2.30. The van der Waals surface area contributed by atoms with Crippen molar-refractivity contribution in [3.8, 4) is 11.5 Å². The Morgan fingerprint density at radius 1 is 0.600 bits per heavy atom. The standard InChI is InChI=1S/C40H60O5/c1-14-15-16-17-18-19-20-45-33(34(42)27-23-30(39(8,9)10)36(44)31(24-27)40(11,12)13)25-32(41)26-21-28(37(2,3)4)35(43)29(22-26)38(5,6)7/h21-25,43-44H,14-20H2,1-13H3/b33-25-. The zero-order valence-corrected chi connectivity index (χ0v) is 30.5. The maximum atomic E-state index is 14.2. The molecule has 0 saturated carbocycles. The molecule has 0 spiro atoms. The van der Waals surface area contributed by atoms with E-state index in [0.717, 1.165) is 19.3 Å². The molecule has 2 N–H and O–H groups in total. The molecule has 45 heavy (non-hydrogen) atoms. The van der Waals surface area contributed by atoms with Crippen LogP contribution in [0.15, 0.2) is 36.1 Å². The molecule has 0 unspecified atom stereocenters. The lowest BCUT2D eigenvalue weighted by Gasteiger charge is -2.28. The largest absolute Gasteiger partial charge is 0.507 e. The number of ether oxygens (including phenoxy) is 1. The summed E-state index contributed by atoms with van der Waals surface area (Å²) in [5, 5.41) is 22.4. The summed E-state index contributed by atoms with van der Waals surface area (Å²) in [5.41, 5.74) is 1.81. The minimum atomic E-state index is -0.418. The Kier molecular flexibility index (Phi) is 12.3. The Labute approximate surface area is 273 Å². The molecule has 0 fully saturated rings. The van der Waals surface area contributed by atoms with Gasteiger partial charge in [-0.05, 0) is 52.3 Å². The predicted molar refractivity (Wildman–Crippen MR) is 187 cm³/mol. The second-order valence-electron chi connectivity index (χ2n) is 16.7. The third kappa shape index (κ3) is 10.2. The lowest BCUT2D eigenvalue weighted by Crippen LogP contribution is -2.20. The van der Waals surface area contributed by atoms with E-state index in [1.54, 1.807) is 24.3 Å².